The molecule has 0 aliphatic heterocycles. The monoisotopic (exact) mass is 286 g/mol. The Hall–Kier alpha value is -0.470. The predicted molar refractivity (Wildman–Crippen MR) is 78.7 cm³/mol. The van der Waals surface area contributed by atoms with Gasteiger partial charge in [0, 0.05) is 25.2 Å². The summed E-state index contributed by atoms with van der Waals surface area (Å²) in [6.07, 6.45) is 9.61. The first-order valence-corrected chi connectivity index (χ1v) is 7.57. The van der Waals surface area contributed by atoms with Crippen molar-refractivity contribution in [2.24, 2.45) is 0 Å². The molecule has 18 heavy (non-hydrogen) atoms. The second-order valence-corrected chi connectivity index (χ2v) is 5.70. The zero-order valence-electron chi connectivity index (χ0n) is 10.8. The minimum absolute atomic E-state index is 0.437. The molecule has 1 aliphatic rings. The number of rotatable bonds is 3. The zero-order valence-corrected chi connectivity index (χ0v) is 12.3. The van der Waals surface area contributed by atoms with Crippen LogP contribution in [0.4, 0.5) is 5.82 Å². The van der Waals surface area contributed by atoms with E-state index >= 15 is 0 Å². The van der Waals surface area contributed by atoms with E-state index < -0.39 is 0 Å². The molecular formula is C14H20Cl2N2. The second-order valence-electron chi connectivity index (χ2n) is 5.02. The third kappa shape index (κ3) is 3.30. The Balaban J connectivity index is 2.13. The van der Waals surface area contributed by atoms with Crippen molar-refractivity contribution >= 4 is 29.0 Å². The summed E-state index contributed by atoms with van der Waals surface area (Å²) in [5.74, 6) is 1.43. The van der Waals surface area contributed by atoms with Crippen LogP contribution in [0.25, 0.3) is 0 Å². The van der Waals surface area contributed by atoms with Crippen LogP contribution in [0.15, 0.2) is 12.3 Å². The van der Waals surface area contributed by atoms with Crippen LogP contribution in [0.5, 0.6) is 0 Å². The predicted octanol–water partition coefficient (Wildman–Crippen LogP) is 4.63. The largest absolute Gasteiger partial charge is 0.357 e. The molecule has 0 unspecified atom stereocenters. The molecule has 2 nitrogen and oxygen atoms in total. The molecule has 0 saturated heterocycles. The number of nitrogens with zero attached hydrogens (tertiary/aromatic N) is 2. The fourth-order valence-electron chi connectivity index (χ4n) is 2.60. The van der Waals surface area contributed by atoms with Crippen LogP contribution in [0.3, 0.4) is 0 Å². The van der Waals surface area contributed by atoms with Crippen molar-refractivity contribution in [1.82, 2.24) is 4.98 Å². The second kappa shape index (κ2) is 6.63. The van der Waals surface area contributed by atoms with Gasteiger partial charge in [0.2, 0.25) is 0 Å². The van der Waals surface area contributed by atoms with Gasteiger partial charge in [-0.15, -0.1) is 11.6 Å². The van der Waals surface area contributed by atoms with Crippen molar-refractivity contribution in [3.8, 4) is 0 Å². The summed E-state index contributed by atoms with van der Waals surface area (Å²) in [4.78, 5) is 6.72. The van der Waals surface area contributed by atoms with Crippen LogP contribution < -0.4 is 4.90 Å². The lowest BCUT2D eigenvalue weighted by molar-refractivity contribution is 0.549. The highest BCUT2D eigenvalue weighted by molar-refractivity contribution is 6.32. The van der Waals surface area contributed by atoms with E-state index in [0.717, 1.165) is 11.4 Å². The quantitative estimate of drug-likeness (QED) is 0.595. The average molecular weight is 287 g/mol. The SMILES string of the molecule is CN(c1cc(CCl)c(Cl)cn1)C1CCCCCC1. The molecule has 0 spiro atoms. The molecule has 1 fully saturated rings. The highest BCUT2D eigenvalue weighted by Gasteiger charge is 2.18. The third-order valence-electron chi connectivity index (χ3n) is 3.80. The maximum atomic E-state index is 6.05. The van der Waals surface area contributed by atoms with Crippen LogP contribution >= 0.6 is 23.2 Å². The van der Waals surface area contributed by atoms with Gasteiger partial charge in [-0.25, -0.2) is 4.98 Å². The Kier molecular flexibility index (Phi) is 5.13. The molecule has 4 heteroatoms. The van der Waals surface area contributed by atoms with E-state index in [1.54, 1.807) is 6.20 Å². The van der Waals surface area contributed by atoms with Gasteiger partial charge in [-0.2, -0.15) is 0 Å². The Bertz CT molecular complexity index is 387. The highest BCUT2D eigenvalue weighted by atomic mass is 35.5. The van der Waals surface area contributed by atoms with Crippen molar-refractivity contribution in [1.29, 1.82) is 0 Å². The molecule has 1 aliphatic carbocycles. The van der Waals surface area contributed by atoms with Crippen molar-refractivity contribution < 1.29 is 0 Å². The molecule has 0 radical (unpaired) electrons. The van der Waals surface area contributed by atoms with Gasteiger partial charge in [0.1, 0.15) is 5.82 Å². The van der Waals surface area contributed by atoms with Crippen molar-refractivity contribution in [3.63, 3.8) is 0 Å². The topological polar surface area (TPSA) is 16.1 Å². The van der Waals surface area contributed by atoms with Crippen LogP contribution in [-0.2, 0) is 5.88 Å². The lowest BCUT2D eigenvalue weighted by Gasteiger charge is -2.28. The van der Waals surface area contributed by atoms with Gasteiger partial charge in [0.25, 0.3) is 0 Å². The minimum Gasteiger partial charge on any atom is -0.357 e. The lowest BCUT2D eigenvalue weighted by Crippen LogP contribution is -2.31. The number of anilines is 1. The van der Waals surface area contributed by atoms with E-state index in [0.29, 0.717) is 16.9 Å². The molecule has 1 aromatic heterocycles. The molecule has 0 atom stereocenters. The molecule has 0 aromatic carbocycles. The normalized spacial score (nSPS) is 17.5. The first-order chi connectivity index (χ1) is 8.72. The van der Waals surface area contributed by atoms with Crippen molar-refractivity contribution in [2.75, 3.05) is 11.9 Å². The fourth-order valence-corrected chi connectivity index (χ4v) is 3.05. The van der Waals surface area contributed by atoms with Crippen LogP contribution in [-0.4, -0.2) is 18.1 Å². The number of halogens is 2. The molecule has 0 bridgehead atoms. The van der Waals surface area contributed by atoms with E-state index in [1.165, 1.54) is 38.5 Å². The summed E-state index contributed by atoms with van der Waals surface area (Å²) < 4.78 is 0. The number of pyridine rings is 1. The minimum atomic E-state index is 0.437. The van der Waals surface area contributed by atoms with Crippen molar-refractivity contribution in [3.05, 3.63) is 22.8 Å². The Morgan fingerprint density at radius 1 is 1.28 bits per heavy atom. The summed E-state index contributed by atoms with van der Waals surface area (Å²) in [7, 11) is 2.13. The van der Waals surface area contributed by atoms with Crippen LogP contribution in [0, 0.1) is 0 Å². The number of hydrogen-bond acceptors (Lipinski definition) is 2. The van der Waals surface area contributed by atoms with Gasteiger partial charge in [-0.1, -0.05) is 37.3 Å². The van der Waals surface area contributed by atoms with Gasteiger partial charge in [-0.05, 0) is 24.5 Å². The molecule has 1 heterocycles. The lowest BCUT2D eigenvalue weighted by atomic mass is 10.1. The first kappa shape index (κ1) is 14.0. The summed E-state index contributed by atoms with van der Waals surface area (Å²) >= 11 is 11.9. The van der Waals surface area contributed by atoms with Gasteiger partial charge < -0.3 is 4.90 Å². The summed E-state index contributed by atoms with van der Waals surface area (Å²) in [6.45, 7) is 0. The summed E-state index contributed by atoms with van der Waals surface area (Å²) in [5.41, 5.74) is 0.962. The maximum absolute atomic E-state index is 6.05. The van der Waals surface area contributed by atoms with Crippen molar-refractivity contribution in [2.45, 2.75) is 50.4 Å². The van der Waals surface area contributed by atoms with Gasteiger partial charge in [-0.3, -0.25) is 0 Å². The first-order valence-electron chi connectivity index (χ1n) is 6.65. The summed E-state index contributed by atoms with van der Waals surface area (Å²) in [5, 5.41) is 0.656. The standard InChI is InChI=1S/C14H20Cl2N2/c1-18(12-6-4-2-3-5-7-12)14-8-11(9-15)13(16)10-17-14/h8,10,12H,2-7,9H2,1H3. The average Bonchev–Trinajstić information content (AvgIpc) is 2.67. The Labute approximate surface area is 119 Å². The van der Waals surface area contributed by atoms with Crippen LogP contribution in [0.2, 0.25) is 5.02 Å². The Morgan fingerprint density at radius 2 is 1.94 bits per heavy atom. The number of alkyl halides is 1. The van der Waals surface area contributed by atoms with Gasteiger partial charge in [0.15, 0.2) is 0 Å². The third-order valence-corrected chi connectivity index (χ3v) is 4.43. The smallest absolute Gasteiger partial charge is 0.128 e. The van der Waals surface area contributed by atoms with E-state index in [1.807, 2.05) is 6.07 Å². The molecule has 2 rings (SSSR count). The van der Waals surface area contributed by atoms with E-state index in [9.17, 15) is 0 Å². The molecule has 1 aromatic rings. The van der Waals surface area contributed by atoms with Crippen LogP contribution in [0.1, 0.15) is 44.1 Å². The molecule has 100 valence electrons. The highest BCUT2D eigenvalue weighted by Crippen LogP contribution is 2.27. The molecule has 0 N–H and O–H groups in total. The molecular weight excluding hydrogens is 267 g/mol. The summed E-state index contributed by atoms with van der Waals surface area (Å²) in [6, 6.07) is 2.62. The number of aromatic nitrogens is 1. The Morgan fingerprint density at radius 3 is 2.56 bits per heavy atom. The molecule has 0 amide bonds. The zero-order chi connectivity index (χ0) is 13.0. The van der Waals surface area contributed by atoms with Gasteiger partial charge in [0.05, 0.1) is 5.02 Å². The fraction of sp³-hybridized carbons (Fsp3) is 0.643. The van der Waals surface area contributed by atoms with Gasteiger partial charge >= 0.3 is 0 Å². The van der Waals surface area contributed by atoms with E-state index in [2.05, 4.69) is 16.9 Å². The molecule has 1 saturated carbocycles. The van der Waals surface area contributed by atoms with E-state index in [-0.39, 0.29) is 0 Å². The maximum Gasteiger partial charge on any atom is 0.128 e. The number of hydrogen-bond donors (Lipinski definition) is 0. The van der Waals surface area contributed by atoms with E-state index in [4.69, 9.17) is 23.2 Å².